The third-order valence-electron chi connectivity index (χ3n) is 3.85. The number of hydrogen-bond acceptors (Lipinski definition) is 2. The Labute approximate surface area is 105 Å². The van der Waals surface area contributed by atoms with E-state index >= 15 is 0 Å². The molecule has 1 aliphatic rings. The van der Waals surface area contributed by atoms with E-state index in [1.54, 1.807) is 0 Å². The molecular formula is C14H27NO2. The monoisotopic (exact) mass is 241 g/mol. The fourth-order valence-electron chi connectivity index (χ4n) is 2.70. The van der Waals surface area contributed by atoms with Gasteiger partial charge in [0.15, 0.2) is 0 Å². The highest BCUT2D eigenvalue weighted by atomic mass is 16.4. The lowest BCUT2D eigenvalue weighted by molar-refractivity contribution is -0.137. The molecule has 17 heavy (non-hydrogen) atoms. The Morgan fingerprint density at radius 3 is 2.35 bits per heavy atom. The zero-order valence-electron chi connectivity index (χ0n) is 11.2. The van der Waals surface area contributed by atoms with Crippen molar-refractivity contribution in [2.24, 2.45) is 0 Å². The quantitative estimate of drug-likeness (QED) is 0.549. The molecule has 0 saturated heterocycles. The Hall–Kier alpha value is -0.570. The molecule has 1 aliphatic carbocycles. The van der Waals surface area contributed by atoms with Gasteiger partial charge in [-0.25, -0.2) is 0 Å². The van der Waals surface area contributed by atoms with Crippen LogP contribution in [0.3, 0.4) is 0 Å². The molecule has 1 fully saturated rings. The minimum Gasteiger partial charge on any atom is -0.481 e. The van der Waals surface area contributed by atoms with Crippen molar-refractivity contribution in [3.05, 3.63) is 0 Å². The van der Waals surface area contributed by atoms with Gasteiger partial charge >= 0.3 is 5.97 Å². The second-order valence-corrected chi connectivity index (χ2v) is 5.33. The van der Waals surface area contributed by atoms with Crippen LogP contribution in [-0.2, 0) is 4.79 Å². The van der Waals surface area contributed by atoms with Crippen LogP contribution < -0.4 is 0 Å². The van der Waals surface area contributed by atoms with Crippen molar-refractivity contribution in [1.82, 2.24) is 4.90 Å². The molecular weight excluding hydrogens is 214 g/mol. The molecule has 0 bridgehead atoms. The molecule has 0 amide bonds. The average molecular weight is 241 g/mol. The van der Waals surface area contributed by atoms with E-state index in [0.29, 0.717) is 6.42 Å². The van der Waals surface area contributed by atoms with Gasteiger partial charge in [0.25, 0.3) is 0 Å². The van der Waals surface area contributed by atoms with Gasteiger partial charge in [-0.15, -0.1) is 0 Å². The first-order chi connectivity index (χ1) is 8.20. The second kappa shape index (κ2) is 8.51. The molecule has 0 unspecified atom stereocenters. The molecule has 100 valence electrons. The first-order valence-corrected chi connectivity index (χ1v) is 7.12. The van der Waals surface area contributed by atoms with Crippen molar-refractivity contribution in [3.8, 4) is 0 Å². The van der Waals surface area contributed by atoms with Gasteiger partial charge in [-0.1, -0.05) is 32.1 Å². The van der Waals surface area contributed by atoms with Crippen LogP contribution >= 0.6 is 0 Å². The van der Waals surface area contributed by atoms with Crippen molar-refractivity contribution >= 4 is 5.97 Å². The lowest BCUT2D eigenvalue weighted by atomic mass is 10.1. The smallest absolute Gasteiger partial charge is 0.303 e. The molecule has 0 spiro atoms. The van der Waals surface area contributed by atoms with E-state index in [9.17, 15) is 4.79 Å². The molecule has 1 N–H and O–H groups in total. The zero-order valence-corrected chi connectivity index (χ0v) is 11.2. The van der Waals surface area contributed by atoms with E-state index in [-0.39, 0.29) is 0 Å². The van der Waals surface area contributed by atoms with Crippen LogP contribution in [0.4, 0.5) is 0 Å². The minimum atomic E-state index is -0.665. The van der Waals surface area contributed by atoms with E-state index in [1.165, 1.54) is 38.5 Å². The topological polar surface area (TPSA) is 40.5 Å². The summed E-state index contributed by atoms with van der Waals surface area (Å²) < 4.78 is 0. The van der Waals surface area contributed by atoms with Crippen LogP contribution in [0.2, 0.25) is 0 Å². The van der Waals surface area contributed by atoms with Crippen LogP contribution in [0.5, 0.6) is 0 Å². The Kier molecular flexibility index (Phi) is 7.25. The van der Waals surface area contributed by atoms with E-state index in [1.807, 2.05) is 0 Å². The second-order valence-electron chi connectivity index (χ2n) is 5.33. The van der Waals surface area contributed by atoms with E-state index in [4.69, 9.17) is 5.11 Å². The van der Waals surface area contributed by atoms with Gasteiger partial charge in [0, 0.05) is 12.5 Å². The fourth-order valence-corrected chi connectivity index (χ4v) is 2.70. The van der Waals surface area contributed by atoms with E-state index < -0.39 is 5.97 Å². The lowest BCUT2D eigenvalue weighted by Gasteiger charge is -2.26. The maximum Gasteiger partial charge on any atom is 0.303 e. The summed E-state index contributed by atoms with van der Waals surface area (Å²) >= 11 is 0. The first-order valence-electron chi connectivity index (χ1n) is 7.12. The molecule has 1 rings (SSSR count). The summed E-state index contributed by atoms with van der Waals surface area (Å²) in [6.45, 7) is 1.13. The van der Waals surface area contributed by atoms with Crippen molar-refractivity contribution in [3.63, 3.8) is 0 Å². The predicted molar refractivity (Wildman–Crippen MR) is 70.2 cm³/mol. The van der Waals surface area contributed by atoms with Crippen LogP contribution in [0.1, 0.15) is 64.2 Å². The third-order valence-corrected chi connectivity index (χ3v) is 3.85. The molecule has 3 heteroatoms. The molecule has 0 aromatic heterocycles. The van der Waals surface area contributed by atoms with Gasteiger partial charge in [-0.3, -0.25) is 4.79 Å². The third kappa shape index (κ3) is 6.67. The largest absolute Gasteiger partial charge is 0.481 e. The van der Waals surface area contributed by atoms with Crippen LogP contribution in [0.15, 0.2) is 0 Å². The Bertz CT molecular complexity index is 210. The standard InChI is InChI=1S/C14H27NO2/c1-15(12-8-4-7-11-14(16)17)13-9-5-2-3-6-10-13/h13H,2-12H2,1H3,(H,16,17). The highest BCUT2D eigenvalue weighted by Gasteiger charge is 2.16. The predicted octanol–water partition coefficient (Wildman–Crippen LogP) is 3.29. The van der Waals surface area contributed by atoms with Crippen molar-refractivity contribution in [1.29, 1.82) is 0 Å². The number of aliphatic carboxylic acids is 1. The van der Waals surface area contributed by atoms with Gasteiger partial charge in [-0.05, 0) is 39.3 Å². The van der Waals surface area contributed by atoms with Crippen molar-refractivity contribution in [2.75, 3.05) is 13.6 Å². The van der Waals surface area contributed by atoms with Gasteiger partial charge in [0.2, 0.25) is 0 Å². The molecule has 0 aromatic carbocycles. The van der Waals surface area contributed by atoms with Crippen LogP contribution in [0.25, 0.3) is 0 Å². The Balaban J connectivity index is 2.06. The number of rotatable bonds is 7. The number of carboxylic acid groups (broad SMARTS) is 1. The average Bonchev–Trinajstić information content (AvgIpc) is 2.56. The molecule has 1 saturated carbocycles. The van der Waals surface area contributed by atoms with Crippen molar-refractivity contribution in [2.45, 2.75) is 70.3 Å². The highest BCUT2D eigenvalue weighted by Crippen LogP contribution is 2.21. The maximum atomic E-state index is 10.4. The van der Waals surface area contributed by atoms with Gasteiger partial charge < -0.3 is 10.0 Å². The van der Waals surface area contributed by atoms with Gasteiger partial charge in [0.1, 0.15) is 0 Å². The molecule has 0 radical (unpaired) electrons. The molecule has 0 heterocycles. The molecule has 0 atom stereocenters. The number of unbranched alkanes of at least 4 members (excludes halogenated alkanes) is 2. The molecule has 0 aromatic rings. The summed E-state index contributed by atoms with van der Waals surface area (Å²) in [6, 6.07) is 0.775. The SMILES string of the molecule is CN(CCCCCC(=O)O)C1CCCCCC1. The zero-order chi connectivity index (χ0) is 12.5. The normalized spacial score (nSPS) is 18.2. The summed E-state index contributed by atoms with van der Waals surface area (Å²) in [5.41, 5.74) is 0. The van der Waals surface area contributed by atoms with Crippen molar-refractivity contribution < 1.29 is 9.90 Å². The number of hydrogen-bond donors (Lipinski definition) is 1. The summed E-state index contributed by atoms with van der Waals surface area (Å²) in [5.74, 6) is -0.665. The van der Waals surface area contributed by atoms with Crippen LogP contribution in [-0.4, -0.2) is 35.6 Å². The molecule has 3 nitrogen and oxygen atoms in total. The summed E-state index contributed by atoms with van der Waals surface area (Å²) in [4.78, 5) is 12.9. The van der Waals surface area contributed by atoms with E-state index in [2.05, 4.69) is 11.9 Å². The fraction of sp³-hybridized carbons (Fsp3) is 0.929. The number of carboxylic acids is 1. The number of nitrogens with zero attached hydrogens (tertiary/aromatic N) is 1. The summed E-state index contributed by atoms with van der Waals surface area (Å²) in [5, 5.41) is 8.55. The highest BCUT2D eigenvalue weighted by molar-refractivity contribution is 5.66. The Morgan fingerprint density at radius 1 is 1.12 bits per heavy atom. The van der Waals surface area contributed by atoms with Crippen LogP contribution in [0, 0.1) is 0 Å². The first kappa shape index (κ1) is 14.5. The number of carbonyl (C=O) groups is 1. The maximum absolute atomic E-state index is 10.4. The van der Waals surface area contributed by atoms with Gasteiger partial charge in [0.05, 0.1) is 0 Å². The van der Waals surface area contributed by atoms with E-state index in [0.717, 1.165) is 31.8 Å². The minimum absolute atomic E-state index is 0.327. The van der Waals surface area contributed by atoms with Gasteiger partial charge in [-0.2, -0.15) is 0 Å². The summed E-state index contributed by atoms with van der Waals surface area (Å²) in [7, 11) is 2.23. The summed E-state index contributed by atoms with van der Waals surface area (Å²) in [6.07, 6.45) is 11.6. The Morgan fingerprint density at radius 2 is 1.76 bits per heavy atom. The lowest BCUT2D eigenvalue weighted by Crippen LogP contribution is -2.32. The molecule has 0 aliphatic heterocycles.